The molecule has 0 radical (unpaired) electrons. The molecular weight excluding hydrogens is 344 g/mol. The van der Waals surface area contributed by atoms with Crippen LogP contribution in [0.2, 0.25) is 0 Å². The van der Waals surface area contributed by atoms with E-state index in [0.29, 0.717) is 23.7 Å². The van der Waals surface area contributed by atoms with E-state index in [1.807, 2.05) is 24.0 Å². The van der Waals surface area contributed by atoms with Gasteiger partial charge in [-0.3, -0.25) is 9.69 Å². The second-order valence-electron chi connectivity index (χ2n) is 7.57. The molecule has 6 nitrogen and oxygen atoms in total. The number of methoxy groups -OCH3 is 1. The van der Waals surface area contributed by atoms with Crippen molar-refractivity contribution in [3.05, 3.63) is 23.8 Å². The van der Waals surface area contributed by atoms with Crippen molar-refractivity contribution in [1.29, 1.82) is 0 Å². The maximum Gasteiger partial charge on any atom is 0.254 e. The third kappa shape index (κ3) is 4.74. The molecule has 0 unspecified atom stereocenters. The Morgan fingerprint density at radius 3 is 2.63 bits per heavy atom. The minimum atomic E-state index is 0.0770. The molecule has 0 aromatic heterocycles. The number of nitrogens with zero attached hydrogens (tertiary/aromatic N) is 2. The Morgan fingerprint density at radius 1 is 1.22 bits per heavy atom. The fourth-order valence-electron chi connectivity index (χ4n) is 4.27. The quantitative estimate of drug-likeness (QED) is 0.764. The van der Waals surface area contributed by atoms with Crippen molar-refractivity contribution in [3.8, 4) is 11.5 Å². The van der Waals surface area contributed by atoms with E-state index < -0.39 is 0 Å². The number of rotatable bonds is 6. The summed E-state index contributed by atoms with van der Waals surface area (Å²) in [5.41, 5.74) is 0.658. The van der Waals surface area contributed by atoms with E-state index >= 15 is 0 Å². The molecule has 2 aliphatic rings. The summed E-state index contributed by atoms with van der Waals surface area (Å²) >= 11 is 0. The van der Waals surface area contributed by atoms with E-state index in [1.165, 1.54) is 0 Å². The Labute approximate surface area is 162 Å². The largest absolute Gasteiger partial charge is 0.493 e. The third-order valence-corrected chi connectivity index (χ3v) is 5.31. The van der Waals surface area contributed by atoms with Crippen LogP contribution in [0.4, 0.5) is 0 Å². The predicted molar refractivity (Wildman–Crippen MR) is 105 cm³/mol. The van der Waals surface area contributed by atoms with Gasteiger partial charge in [0.15, 0.2) is 11.5 Å². The van der Waals surface area contributed by atoms with Crippen molar-refractivity contribution < 1.29 is 19.0 Å². The standard InChI is InChI=1S/C21H32N2O4/c1-5-26-19-9-8-17(11-20(19)25-4)21(24)23-10-6-7-18(23)14-22-12-15(2)27-16(3)13-22/h8-9,11,15-16,18H,5-7,10,12-14H2,1-4H3/t15-,16-,18-/m1/s1. The molecule has 2 fully saturated rings. The number of hydrogen-bond acceptors (Lipinski definition) is 5. The van der Waals surface area contributed by atoms with Gasteiger partial charge in [-0.25, -0.2) is 0 Å². The molecule has 1 aromatic rings. The minimum Gasteiger partial charge on any atom is -0.493 e. The highest BCUT2D eigenvalue weighted by atomic mass is 16.5. The van der Waals surface area contributed by atoms with Gasteiger partial charge in [0, 0.05) is 37.8 Å². The molecule has 3 rings (SSSR count). The summed E-state index contributed by atoms with van der Waals surface area (Å²) in [7, 11) is 1.60. The lowest BCUT2D eigenvalue weighted by molar-refractivity contribution is -0.0715. The average Bonchev–Trinajstić information content (AvgIpc) is 3.08. The van der Waals surface area contributed by atoms with Crippen LogP contribution in [0.5, 0.6) is 11.5 Å². The molecule has 2 aliphatic heterocycles. The molecule has 27 heavy (non-hydrogen) atoms. The normalized spacial score (nSPS) is 26.2. The Kier molecular flexibility index (Phi) is 6.60. The molecule has 150 valence electrons. The number of morpholine rings is 1. The fourth-order valence-corrected chi connectivity index (χ4v) is 4.27. The zero-order chi connectivity index (χ0) is 19.4. The van der Waals surface area contributed by atoms with Crippen LogP contribution >= 0.6 is 0 Å². The third-order valence-electron chi connectivity index (χ3n) is 5.31. The molecule has 0 aliphatic carbocycles. The number of benzene rings is 1. The van der Waals surface area contributed by atoms with Crippen LogP contribution in [0, 0.1) is 0 Å². The molecule has 0 saturated carbocycles. The molecule has 0 N–H and O–H groups in total. The van der Waals surface area contributed by atoms with Crippen molar-refractivity contribution in [2.24, 2.45) is 0 Å². The summed E-state index contributed by atoms with van der Waals surface area (Å²) in [4.78, 5) is 17.6. The van der Waals surface area contributed by atoms with Crippen LogP contribution in [0.25, 0.3) is 0 Å². The van der Waals surface area contributed by atoms with Gasteiger partial charge in [-0.05, 0) is 51.8 Å². The zero-order valence-electron chi connectivity index (χ0n) is 16.9. The average molecular weight is 376 g/mol. The maximum atomic E-state index is 13.2. The van der Waals surface area contributed by atoms with Crippen LogP contribution in [0.3, 0.4) is 0 Å². The zero-order valence-corrected chi connectivity index (χ0v) is 16.9. The molecule has 0 spiro atoms. The molecular formula is C21H32N2O4. The van der Waals surface area contributed by atoms with Gasteiger partial charge >= 0.3 is 0 Å². The SMILES string of the molecule is CCOc1ccc(C(=O)N2CCC[C@@H]2CN2C[C@@H](C)O[C@H](C)C2)cc1OC. The number of carbonyl (C=O) groups is 1. The second kappa shape index (κ2) is 8.93. The predicted octanol–water partition coefficient (Wildman–Crippen LogP) is 2.81. The van der Waals surface area contributed by atoms with E-state index in [2.05, 4.69) is 18.7 Å². The Balaban J connectivity index is 1.70. The topological polar surface area (TPSA) is 51.2 Å². The minimum absolute atomic E-state index is 0.0770. The van der Waals surface area contributed by atoms with Gasteiger partial charge in [0.05, 0.1) is 25.9 Å². The Bertz CT molecular complexity index is 641. The maximum absolute atomic E-state index is 13.2. The van der Waals surface area contributed by atoms with Crippen LogP contribution in [0.1, 0.15) is 44.0 Å². The second-order valence-corrected chi connectivity index (χ2v) is 7.57. The van der Waals surface area contributed by atoms with Gasteiger partial charge < -0.3 is 19.1 Å². The van der Waals surface area contributed by atoms with Crippen LogP contribution in [-0.4, -0.2) is 73.9 Å². The highest BCUT2D eigenvalue weighted by molar-refractivity contribution is 5.95. The smallest absolute Gasteiger partial charge is 0.254 e. The van der Waals surface area contributed by atoms with Gasteiger partial charge in [0.25, 0.3) is 5.91 Å². The number of hydrogen-bond donors (Lipinski definition) is 0. The molecule has 0 bridgehead atoms. The first-order chi connectivity index (χ1) is 13.0. The summed E-state index contributed by atoms with van der Waals surface area (Å²) in [6.07, 6.45) is 2.60. The lowest BCUT2D eigenvalue weighted by Crippen LogP contribution is -2.50. The van der Waals surface area contributed by atoms with Crippen molar-refractivity contribution >= 4 is 5.91 Å². The number of ether oxygens (including phenoxy) is 3. The Morgan fingerprint density at radius 2 is 1.96 bits per heavy atom. The first kappa shape index (κ1) is 20.0. The molecule has 2 saturated heterocycles. The van der Waals surface area contributed by atoms with Gasteiger partial charge in [-0.2, -0.15) is 0 Å². The number of carbonyl (C=O) groups excluding carboxylic acids is 1. The van der Waals surface area contributed by atoms with Gasteiger partial charge in [-0.15, -0.1) is 0 Å². The van der Waals surface area contributed by atoms with E-state index in [-0.39, 0.29) is 24.2 Å². The Hall–Kier alpha value is -1.79. The van der Waals surface area contributed by atoms with Gasteiger partial charge in [0.2, 0.25) is 0 Å². The number of likely N-dealkylation sites (tertiary alicyclic amines) is 1. The van der Waals surface area contributed by atoms with Gasteiger partial charge in [-0.1, -0.05) is 0 Å². The molecule has 1 amide bonds. The fraction of sp³-hybridized carbons (Fsp3) is 0.667. The molecule has 6 heteroatoms. The van der Waals surface area contributed by atoms with Crippen molar-refractivity contribution in [3.63, 3.8) is 0 Å². The molecule has 2 heterocycles. The van der Waals surface area contributed by atoms with Crippen LogP contribution in [-0.2, 0) is 4.74 Å². The van der Waals surface area contributed by atoms with Gasteiger partial charge in [0.1, 0.15) is 0 Å². The van der Waals surface area contributed by atoms with Crippen molar-refractivity contribution in [2.45, 2.75) is 51.9 Å². The summed E-state index contributed by atoms with van der Waals surface area (Å²) in [6, 6.07) is 5.71. The van der Waals surface area contributed by atoms with E-state index in [4.69, 9.17) is 14.2 Å². The van der Waals surface area contributed by atoms with Crippen LogP contribution < -0.4 is 9.47 Å². The monoisotopic (exact) mass is 376 g/mol. The van der Waals surface area contributed by atoms with Crippen molar-refractivity contribution in [2.75, 3.05) is 39.9 Å². The summed E-state index contributed by atoms with van der Waals surface area (Å²) in [6.45, 7) is 10.3. The summed E-state index contributed by atoms with van der Waals surface area (Å²) in [5, 5.41) is 0. The van der Waals surface area contributed by atoms with E-state index in [0.717, 1.165) is 39.0 Å². The first-order valence-corrected chi connectivity index (χ1v) is 10.0. The lowest BCUT2D eigenvalue weighted by atomic mass is 10.1. The highest BCUT2D eigenvalue weighted by Gasteiger charge is 2.33. The van der Waals surface area contributed by atoms with E-state index in [1.54, 1.807) is 13.2 Å². The van der Waals surface area contributed by atoms with Crippen molar-refractivity contribution in [1.82, 2.24) is 9.80 Å². The first-order valence-electron chi connectivity index (χ1n) is 10.0. The highest BCUT2D eigenvalue weighted by Crippen LogP contribution is 2.30. The molecule has 3 atom stereocenters. The lowest BCUT2D eigenvalue weighted by Gasteiger charge is -2.38. The summed E-state index contributed by atoms with van der Waals surface area (Å²) < 4.78 is 16.8. The summed E-state index contributed by atoms with van der Waals surface area (Å²) in [5.74, 6) is 1.35. The van der Waals surface area contributed by atoms with Crippen LogP contribution in [0.15, 0.2) is 18.2 Å². The number of amides is 1. The molecule has 1 aromatic carbocycles. The van der Waals surface area contributed by atoms with E-state index in [9.17, 15) is 4.79 Å².